The number of hydrogen-bond donors (Lipinski definition) is 0. The van der Waals surface area contributed by atoms with Crippen LogP contribution in [0, 0.1) is 5.92 Å². The summed E-state index contributed by atoms with van der Waals surface area (Å²) < 4.78 is 48.3. The van der Waals surface area contributed by atoms with Crippen molar-refractivity contribution in [3.8, 4) is 11.5 Å². The normalized spacial score (nSPS) is 21.8. The first kappa shape index (κ1) is 21.6. The van der Waals surface area contributed by atoms with Crippen LogP contribution in [-0.2, 0) is 18.3 Å². The van der Waals surface area contributed by atoms with Gasteiger partial charge in [0.15, 0.2) is 5.58 Å². The average molecular weight is 471 g/mol. The van der Waals surface area contributed by atoms with E-state index in [1.54, 1.807) is 12.4 Å². The third-order valence-corrected chi connectivity index (χ3v) is 9.66. The molecule has 0 bridgehead atoms. The number of halogens is 3. The van der Waals surface area contributed by atoms with Crippen molar-refractivity contribution in [3.05, 3.63) is 65.2 Å². The highest BCUT2D eigenvalue weighted by Crippen LogP contribution is 2.44. The van der Waals surface area contributed by atoms with E-state index < -0.39 is 21.3 Å². The zero-order valence-corrected chi connectivity index (χ0v) is 19.5. The molecule has 2 atom stereocenters. The molecule has 6 nitrogen and oxygen atoms in total. The number of aryl methyl sites for hydroxylation is 1. The first-order valence-corrected chi connectivity index (χ1v) is 12.3. The summed E-state index contributed by atoms with van der Waals surface area (Å²) in [6.07, 6.45) is -1.65. The molecule has 5 rings (SSSR count). The number of oxazole rings is 1. The zero-order valence-electron chi connectivity index (χ0n) is 18.1. The smallest absolute Gasteiger partial charge is 0.420 e. The van der Waals surface area contributed by atoms with E-state index in [1.165, 1.54) is 12.1 Å². The van der Waals surface area contributed by atoms with E-state index in [1.807, 2.05) is 29.8 Å². The molecule has 1 aliphatic heterocycles. The Morgan fingerprint density at radius 1 is 1.27 bits per heavy atom. The fourth-order valence-electron chi connectivity index (χ4n) is 5.01. The van der Waals surface area contributed by atoms with Gasteiger partial charge in [0.1, 0.15) is 29.5 Å². The minimum absolute atomic E-state index is 0.000735. The van der Waals surface area contributed by atoms with Crippen LogP contribution in [0.3, 0.4) is 0 Å². The molecule has 0 radical (unpaired) electrons. The van der Waals surface area contributed by atoms with Crippen LogP contribution in [0.1, 0.15) is 40.7 Å². The van der Waals surface area contributed by atoms with Crippen molar-refractivity contribution in [3.63, 3.8) is 0 Å². The highest BCUT2D eigenvalue weighted by molar-refractivity contribution is 6.42. The molecule has 170 valence electrons. The number of aldehydes is 1. The quantitative estimate of drug-likeness (QED) is 0.328. The van der Waals surface area contributed by atoms with Crippen LogP contribution >= 0.6 is 0 Å². The van der Waals surface area contributed by atoms with Crippen LogP contribution in [0.2, 0.25) is 6.04 Å². The molecule has 0 aliphatic carbocycles. The average Bonchev–Trinajstić information content (AvgIpc) is 3.50. The molecule has 2 aromatic carbocycles. The van der Waals surface area contributed by atoms with Crippen molar-refractivity contribution < 1.29 is 22.4 Å². The largest absolute Gasteiger partial charge is 0.435 e. The maximum atomic E-state index is 13.6. The molecule has 0 unspecified atom stereocenters. The van der Waals surface area contributed by atoms with E-state index in [-0.39, 0.29) is 27.6 Å². The number of aromatic nitrogens is 4. The molecule has 33 heavy (non-hydrogen) atoms. The Balaban J connectivity index is 1.65. The summed E-state index contributed by atoms with van der Waals surface area (Å²) in [6, 6.07) is 10.9. The van der Waals surface area contributed by atoms with Gasteiger partial charge in [0.05, 0.1) is 0 Å². The van der Waals surface area contributed by atoms with Crippen LogP contribution in [0.25, 0.3) is 22.6 Å². The second-order valence-corrected chi connectivity index (χ2v) is 11.1. The van der Waals surface area contributed by atoms with Crippen molar-refractivity contribution in [2.24, 2.45) is 13.0 Å². The molecule has 4 aromatic rings. The fraction of sp³-hybridized carbons (Fsp3) is 0.304. The van der Waals surface area contributed by atoms with Gasteiger partial charge in [-0.15, -0.1) is 10.2 Å². The van der Waals surface area contributed by atoms with Gasteiger partial charge >= 0.3 is 6.18 Å². The number of alkyl halides is 3. The lowest BCUT2D eigenvalue weighted by atomic mass is 9.88. The number of hydrogen-bond acceptors (Lipinski definition) is 5. The molecule has 0 N–H and O–H groups in total. The van der Waals surface area contributed by atoms with Crippen LogP contribution in [0.15, 0.2) is 47.1 Å². The monoisotopic (exact) mass is 470 g/mol. The standard InChI is InChI=1S/C23H21F3N4O2Si/c1-13-9-22(33-11-13,21-29-27-12-30(21)2)16-5-3-4-15(8-16)20-28-18-7-14(10-31)6-17(19(18)32-20)23(24,25)26/h3-8,10,12-13H,9,11,33H2,1-2H3/t13-,22+/m0/s1. The molecule has 1 fully saturated rings. The summed E-state index contributed by atoms with van der Waals surface area (Å²) in [5.74, 6) is 1.56. The Bertz CT molecular complexity index is 1360. The summed E-state index contributed by atoms with van der Waals surface area (Å²) in [4.78, 5) is 15.5. The Hall–Kier alpha value is -3.27. The predicted octanol–water partition coefficient (Wildman–Crippen LogP) is 4.33. The van der Waals surface area contributed by atoms with Crippen molar-refractivity contribution in [1.82, 2.24) is 19.7 Å². The predicted molar refractivity (Wildman–Crippen MR) is 119 cm³/mol. The van der Waals surface area contributed by atoms with Gasteiger partial charge < -0.3 is 8.98 Å². The van der Waals surface area contributed by atoms with Gasteiger partial charge in [-0.1, -0.05) is 25.1 Å². The molecule has 0 spiro atoms. The maximum Gasteiger partial charge on any atom is 0.420 e. The van der Waals surface area contributed by atoms with E-state index in [2.05, 4.69) is 22.1 Å². The van der Waals surface area contributed by atoms with Crippen LogP contribution in [0.5, 0.6) is 0 Å². The summed E-state index contributed by atoms with van der Waals surface area (Å²) in [5.41, 5.74) is 0.151. The molecule has 1 aliphatic rings. The number of benzene rings is 2. The van der Waals surface area contributed by atoms with Gasteiger partial charge in [0, 0.05) is 32.7 Å². The summed E-state index contributed by atoms with van der Waals surface area (Å²) >= 11 is 0. The van der Waals surface area contributed by atoms with Gasteiger partial charge in [-0.2, -0.15) is 13.2 Å². The number of carbonyl (C=O) groups excluding carboxylic acids is 1. The Kier molecular flexibility index (Phi) is 5.00. The number of carbonyl (C=O) groups is 1. The van der Waals surface area contributed by atoms with E-state index in [0.717, 1.165) is 23.9 Å². The summed E-state index contributed by atoms with van der Waals surface area (Å²) in [6.45, 7) is 2.24. The van der Waals surface area contributed by atoms with Gasteiger partial charge in [0.2, 0.25) is 5.89 Å². The second-order valence-electron chi connectivity index (χ2n) is 8.83. The van der Waals surface area contributed by atoms with Crippen molar-refractivity contribution in [2.75, 3.05) is 0 Å². The molecule has 10 heteroatoms. The molecule has 3 heterocycles. The van der Waals surface area contributed by atoms with Crippen LogP contribution in [0.4, 0.5) is 13.2 Å². The second kappa shape index (κ2) is 7.65. The molecule has 1 saturated heterocycles. The zero-order chi connectivity index (χ0) is 23.4. The minimum atomic E-state index is -4.67. The van der Waals surface area contributed by atoms with Gasteiger partial charge in [0.25, 0.3) is 0 Å². The van der Waals surface area contributed by atoms with Gasteiger partial charge in [-0.3, -0.25) is 4.79 Å². The summed E-state index contributed by atoms with van der Waals surface area (Å²) in [7, 11) is 1.33. The highest BCUT2D eigenvalue weighted by atomic mass is 28.2. The lowest BCUT2D eigenvalue weighted by Crippen LogP contribution is -2.33. The first-order chi connectivity index (χ1) is 15.7. The minimum Gasteiger partial charge on any atom is -0.435 e. The molecular weight excluding hydrogens is 449 g/mol. The first-order valence-electron chi connectivity index (χ1n) is 10.6. The highest BCUT2D eigenvalue weighted by Gasteiger charge is 2.44. The van der Waals surface area contributed by atoms with Crippen LogP contribution < -0.4 is 0 Å². The van der Waals surface area contributed by atoms with Gasteiger partial charge in [-0.25, -0.2) is 4.98 Å². The topological polar surface area (TPSA) is 73.8 Å². The van der Waals surface area contributed by atoms with Gasteiger partial charge in [-0.05, 0) is 42.2 Å². The lowest BCUT2D eigenvalue weighted by Gasteiger charge is -2.29. The molecule has 2 aromatic heterocycles. The Labute approximate surface area is 189 Å². The summed E-state index contributed by atoms with van der Waals surface area (Å²) in [5, 5.41) is 8.30. The lowest BCUT2D eigenvalue weighted by molar-refractivity contribution is -0.136. The number of nitrogens with zero attached hydrogens (tertiary/aromatic N) is 4. The van der Waals surface area contributed by atoms with Crippen LogP contribution in [-0.4, -0.2) is 35.6 Å². The van der Waals surface area contributed by atoms with Crippen molar-refractivity contribution in [1.29, 1.82) is 0 Å². The number of fused-ring (bicyclic) bond motifs is 1. The SMILES string of the molecule is C[C@@H]1C[SiH2][C@](c2cccc(-c3nc4cc(C=O)cc(C(F)(F)F)c4o3)c2)(c2nncn2C)C1. The Morgan fingerprint density at radius 2 is 2.09 bits per heavy atom. The van der Waals surface area contributed by atoms with E-state index >= 15 is 0 Å². The Morgan fingerprint density at radius 3 is 2.73 bits per heavy atom. The van der Waals surface area contributed by atoms with E-state index in [0.29, 0.717) is 17.8 Å². The molecule has 0 amide bonds. The molecular formula is C23H21F3N4O2Si. The third-order valence-electron chi connectivity index (χ3n) is 6.52. The van der Waals surface area contributed by atoms with Crippen molar-refractivity contribution in [2.45, 2.75) is 30.6 Å². The third kappa shape index (κ3) is 3.58. The number of rotatable bonds is 4. The van der Waals surface area contributed by atoms with Crippen molar-refractivity contribution >= 4 is 26.9 Å². The fourth-order valence-corrected chi connectivity index (χ4v) is 7.95. The maximum absolute atomic E-state index is 13.6. The van der Waals surface area contributed by atoms with E-state index in [9.17, 15) is 18.0 Å². The molecule has 0 saturated carbocycles. The van der Waals surface area contributed by atoms with E-state index in [4.69, 9.17) is 4.42 Å².